The molecule has 0 aliphatic carbocycles. The van der Waals surface area contributed by atoms with Gasteiger partial charge in [-0.1, -0.05) is 34.1 Å². The molecule has 0 atom stereocenters. The summed E-state index contributed by atoms with van der Waals surface area (Å²) < 4.78 is 27.2. The quantitative estimate of drug-likeness (QED) is 0.487. The van der Waals surface area contributed by atoms with Gasteiger partial charge in [0.15, 0.2) is 5.78 Å². The van der Waals surface area contributed by atoms with Crippen LogP contribution in [0.3, 0.4) is 0 Å². The van der Waals surface area contributed by atoms with Crippen molar-refractivity contribution in [2.75, 3.05) is 6.54 Å². The van der Waals surface area contributed by atoms with Crippen LogP contribution in [0, 0.1) is 0 Å². The highest BCUT2D eigenvalue weighted by atomic mass is 79.9. The molecule has 0 aliphatic rings. The third-order valence-corrected chi connectivity index (χ3v) is 5.33. The number of halogens is 1. The van der Waals surface area contributed by atoms with E-state index in [0.29, 0.717) is 5.56 Å². The summed E-state index contributed by atoms with van der Waals surface area (Å²) in [4.78, 5) is 22.6. The topological polar surface area (TPSA) is 101 Å². The number of aliphatic carboxylic acids is 1. The van der Waals surface area contributed by atoms with Crippen LogP contribution in [0.25, 0.3) is 6.08 Å². The molecular formula is C18H16BrNO5S. The number of hydrogen-bond acceptors (Lipinski definition) is 4. The number of carboxylic acid groups (broad SMARTS) is 1. The second kappa shape index (κ2) is 8.88. The SMILES string of the molecule is O=C(O)CCNS(=O)(=O)c1ccc(C(=O)/C=C/c2cccc(Br)c2)cc1. The van der Waals surface area contributed by atoms with Gasteiger partial charge in [0, 0.05) is 16.6 Å². The first-order valence-electron chi connectivity index (χ1n) is 7.57. The van der Waals surface area contributed by atoms with Gasteiger partial charge in [0.05, 0.1) is 11.3 Å². The summed E-state index contributed by atoms with van der Waals surface area (Å²) in [5, 5.41) is 8.55. The van der Waals surface area contributed by atoms with Crippen molar-refractivity contribution in [1.29, 1.82) is 0 Å². The van der Waals surface area contributed by atoms with Crippen molar-refractivity contribution in [2.24, 2.45) is 0 Å². The Bertz CT molecular complexity index is 936. The first kappa shape index (κ1) is 20.0. The molecule has 0 saturated heterocycles. The Morgan fingerprint density at radius 3 is 2.42 bits per heavy atom. The van der Waals surface area contributed by atoms with Crippen molar-refractivity contribution in [2.45, 2.75) is 11.3 Å². The lowest BCUT2D eigenvalue weighted by atomic mass is 10.1. The molecule has 2 aromatic carbocycles. The summed E-state index contributed by atoms with van der Waals surface area (Å²) in [5.74, 6) is -1.35. The minimum atomic E-state index is -3.81. The summed E-state index contributed by atoms with van der Waals surface area (Å²) >= 11 is 3.35. The number of ketones is 1. The summed E-state index contributed by atoms with van der Waals surface area (Å²) in [7, 11) is -3.81. The van der Waals surface area contributed by atoms with Crippen LogP contribution >= 0.6 is 15.9 Å². The number of rotatable bonds is 8. The molecule has 0 aromatic heterocycles. The second-order valence-electron chi connectivity index (χ2n) is 5.32. The molecule has 0 aliphatic heterocycles. The molecule has 2 rings (SSSR count). The summed E-state index contributed by atoms with van der Waals surface area (Å²) in [6.45, 7) is -0.201. The number of hydrogen-bond donors (Lipinski definition) is 2. The molecule has 0 heterocycles. The number of benzene rings is 2. The molecule has 2 N–H and O–H groups in total. The van der Waals surface area contributed by atoms with E-state index in [1.165, 1.54) is 30.3 Å². The van der Waals surface area contributed by atoms with Crippen molar-refractivity contribution in [3.8, 4) is 0 Å². The fourth-order valence-electron chi connectivity index (χ4n) is 2.05. The van der Waals surface area contributed by atoms with E-state index < -0.39 is 16.0 Å². The normalized spacial score (nSPS) is 11.6. The highest BCUT2D eigenvalue weighted by molar-refractivity contribution is 9.10. The van der Waals surface area contributed by atoms with E-state index in [9.17, 15) is 18.0 Å². The van der Waals surface area contributed by atoms with Gasteiger partial charge < -0.3 is 5.11 Å². The third kappa shape index (κ3) is 5.91. The number of nitrogens with one attached hydrogen (secondary N) is 1. The van der Waals surface area contributed by atoms with Crippen LogP contribution in [0.4, 0.5) is 0 Å². The van der Waals surface area contributed by atoms with Crippen LogP contribution in [0.5, 0.6) is 0 Å². The number of allylic oxidation sites excluding steroid dienone is 1. The molecule has 0 fully saturated rings. The zero-order valence-electron chi connectivity index (χ0n) is 13.6. The van der Waals surface area contributed by atoms with Crippen LogP contribution in [-0.2, 0) is 14.8 Å². The van der Waals surface area contributed by atoms with Gasteiger partial charge in [-0.15, -0.1) is 0 Å². The lowest BCUT2D eigenvalue weighted by molar-refractivity contribution is -0.136. The predicted octanol–water partition coefficient (Wildman–Crippen LogP) is 3.10. The van der Waals surface area contributed by atoms with E-state index in [-0.39, 0.29) is 23.6 Å². The molecule has 0 amide bonds. The van der Waals surface area contributed by atoms with E-state index in [4.69, 9.17) is 5.11 Å². The fourth-order valence-corrected chi connectivity index (χ4v) is 3.50. The van der Waals surface area contributed by atoms with Crippen LogP contribution < -0.4 is 4.72 Å². The second-order valence-corrected chi connectivity index (χ2v) is 8.00. The number of carboxylic acids is 1. The predicted molar refractivity (Wildman–Crippen MR) is 101 cm³/mol. The van der Waals surface area contributed by atoms with Crippen LogP contribution in [0.2, 0.25) is 0 Å². The first-order valence-corrected chi connectivity index (χ1v) is 9.85. The van der Waals surface area contributed by atoms with Gasteiger partial charge in [-0.05, 0) is 48.0 Å². The average molecular weight is 438 g/mol. The average Bonchev–Trinajstić information content (AvgIpc) is 2.59. The van der Waals surface area contributed by atoms with E-state index in [0.717, 1.165) is 10.0 Å². The van der Waals surface area contributed by atoms with Gasteiger partial charge >= 0.3 is 5.97 Å². The number of carbonyl (C=O) groups is 2. The molecule has 8 heteroatoms. The Balaban J connectivity index is 2.06. The van der Waals surface area contributed by atoms with E-state index in [1.807, 2.05) is 24.3 Å². The molecule has 0 radical (unpaired) electrons. The Kier molecular flexibility index (Phi) is 6.84. The van der Waals surface area contributed by atoms with Gasteiger partial charge in [-0.3, -0.25) is 9.59 Å². The lowest BCUT2D eigenvalue weighted by Gasteiger charge is -2.06. The zero-order chi connectivity index (χ0) is 19.2. The van der Waals surface area contributed by atoms with Gasteiger partial charge in [-0.2, -0.15) is 0 Å². The van der Waals surface area contributed by atoms with Crippen LogP contribution in [0.1, 0.15) is 22.3 Å². The van der Waals surface area contributed by atoms with Gasteiger partial charge in [0.1, 0.15) is 0 Å². The van der Waals surface area contributed by atoms with Crippen molar-refractivity contribution < 1.29 is 23.1 Å². The summed E-state index contributed by atoms with van der Waals surface area (Å²) in [5.41, 5.74) is 1.20. The lowest BCUT2D eigenvalue weighted by Crippen LogP contribution is -2.26. The molecule has 136 valence electrons. The minimum absolute atomic E-state index is 0.0320. The largest absolute Gasteiger partial charge is 0.481 e. The molecule has 0 spiro atoms. The maximum Gasteiger partial charge on any atom is 0.304 e. The van der Waals surface area contributed by atoms with Crippen molar-refractivity contribution in [3.63, 3.8) is 0 Å². The van der Waals surface area contributed by atoms with Crippen molar-refractivity contribution >= 4 is 43.8 Å². The van der Waals surface area contributed by atoms with Crippen LogP contribution in [0.15, 0.2) is 64.0 Å². The zero-order valence-corrected chi connectivity index (χ0v) is 16.0. The third-order valence-electron chi connectivity index (χ3n) is 3.36. The Hall–Kier alpha value is -2.29. The van der Waals surface area contributed by atoms with Gasteiger partial charge in [0.2, 0.25) is 10.0 Å². The first-order chi connectivity index (χ1) is 12.3. The van der Waals surface area contributed by atoms with E-state index in [1.54, 1.807) is 6.08 Å². The maximum absolute atomic E-state index is 12.2. The van der Waals surface area contributed by atoms with E-state index in [2.05, 4.69) is 20.7 Å². The molecule has 0 bridgehead atoms. The molecule has 26 heavy (non-hydrogen) atoms. The van der Waals surface area contributed by atoms with E-state index >= 15 is 0 Å². The van der Waals surface area contributed by atoms with Crippen molar-refractivity contribution in [1.82, 2.24) is 4.72 Å². The minimum Gasteiger partial charge on any atom is -0.481 e. The monoisotopic (exact) mass is 437 g/mol. The molecule has 0 unspecified atom stereocenters. The molecule has 0 saturated carbocycles. The molecule has 2 aromatic rings. The smallest absolute Gasteiger partial charge is 0.304 e. The Morgan fingerprint density at radius 2 is 1.81 bits per heavy atom. The van der Waals surface area contributed by atoms with Crippen molar-refractivity contribution in [3.05, 3.63) is 70.2 Å². The maximum atomic E-state index is 12.2. The number of sulfonamides is 1. The molecular weight excluding hydrogens is 422 g/mol. The molecule has 6 nitrogen and oxygen atoms in total. The standard InChI is InChI=1S/C18H16BrNO5S/c19-15-3-1-2-13(12-15)4-9-17(21)14-5-7-16(8-6-14)26(24,25)20-11-10-18(22)23/h1-9,12,20H,10-11H2,(H,22,23)/b9-4+. The van der Waals surface area contributed by atoms with Crippen LogP contribution in [-0.4, -0.2) is 31.8 Å². The Morgan fingerprint density at radius 1 is 1.12 bits per heavy atom. The summed E-state index contributed by atoms with van der Waals surface area (Å²) in [6.07, 6.45) is 2.78. The Labute approximate surface area is 159 Å². The number of carbonyl (C=O) groups excluding carboxylic acids is 1. The highest BCUT2D eigenvalue weighted by Gasteiger charge is 2.14. The van der Waals surface area contributed by atoms with Gasteiger partial charge in [0.25, 0.3) is 0 Å². The summed E-state index contributed by atoms with van der Waals surface area (Å²) in [6, 6.07) is 12.9. The highest BCUT2D eigenvalue weighted by Crippen LogP contribution is 2.14. The fraction of sp³-hybridized carbons (Fsp3) is 0.111. The van der Waals surface area contributed by atoms with Gasteiger partial charge in [-0.25, -0.2) is 13.1 Å².